The van der Waals surface area contributed by atoms with Gasteiger partial charge in [0.15, 0.2) is 17.5 Å². The smallest absolute Gasteiger partial charge is 0.261 e. The molecule has 1 aliphatic rings. The van der Waals surface area contributed by atoms with E-state index < -0.39 is 23.6 Å². The highest BCUT2D eigenvalue weighted by atomic mass is 19.2. The zero-order valence-corrected chi connectivity index (χ0v) is 10.2. The molecule has 3 rings (SSSR count). The Morgan fingerprint density at radius 1 is 1.20 bits per heavy atom. The van der Waals surface area contributed by atoms with Gasteiger partial charge in [-0.1, -0.05) is 5.16 Å². The Bertz CT molecular complexity index is 626. The molecular weight excluding hydrogens is 275 g/mol. The van der Waals surface area contributed by atoms with Crippen molar-refractivity contribution < 1.29 is 22.4 Å². The van der Waals surface area contributed by atoms with Crippen LogP contribution in [0.3, 0.4) is 0 Å². The second kappa shape index (κ2) is 5.22. The number of nitrogens with one attached hydrogen (secondary N) is 1. The van der Waals surface area contributed by atoms with Gasteiger partial charge in [0.25, 0.3) is 5.89 Å². The van der Waals surface area contributed by atoms with Crippen molar-refractivity contribution in [3.8, 4) is 11.5 Å². The van der Waals surface area contributed by atoms with Crippen molar-refractivity contribution in [3.63, 3.8) is 0 Å². The van der Waals surface area contributed by atoms with Crippen molar-refractivity contribution in [2.24, 2.45) is 0 Å². The van der Waals surface area contributed by atoms with Gasteiger partial charge < -0.3 is 14.6 Å². The highest BCUT2D eigenvalue weighted by Gasteiger charge is 2.24. The Morgan fingerprint density at radius 3 is 2.80 bits per heavy atom. The first kappa shape index (κ1) is 13.1. The number of halogens is 3. The first-order chi connectivity index (χ1) is 9.66. The minimum absolute atomic E-state index is 0.217. The summed E-state index contributed by atoms with van der Waals surface area (Å²) >= 11 is 0. The third-order valence-corrected chi connectivity index (χ3v) is 2.92. The van der Waals surface area contributed by atoms with Crippen LogP contribution in [0.4, 0.5) is 13.2 Å². The van der Waals surface area contributed by atoms with Gasteiger partial charge in [-0.05, 0) is 12.1 Å². The Kier molecular flexibility index (Phi) is 3.41. The fourth-order valence-corrected chi connectivity index (χ4v) is 1.90. The number of rotatable bonds is 2. The number of hydrogen-bond acceptors (Lipinski definition) is 5. The van der Waals surface area contributed by atoms with Gasteiger partial charge in [-0.15, -0.1) is 0 Å². The molecule has 0 amide bonds. The minimum atomic E-state index is -1.57. The number of ether oxygens (including phenoxy) is 1. The van der Waals surface area contributed by atoms with E-state index in [4.69, 9.17) is 9.26 Å². The summed E-state index contributed by atoms with van der Waals surface area (Å²) in [4.78, 5) is 3.96. The lowest BCUT2D eigenvalue weighted by molar-refractivity contribution is 0.0208. The lowest BCUT2D eigenvalue weighted by Crippen LogP contribution is -2.33. The van der Waals surface area contributed by atoms with Crippen LogP contribution in [0, 0.1) is 17.5 Å². The summed E-state index contributed by atoms with van der Waals surface area (Å²) in [5.74, 6) is -4.19. The fraction of sp³-hybridized carbons (Fsp3) is 0.333. The highest BCUT2D eigenvalue weighted by molar-refractivity contribution is 5.54. The zero-order valence-electron chi connectivity index (χ0n) is 10.2. The maximum Gasteiger partial charge on any atom is 0.261 e. The van der Waals surface area contributed by atoms with Crippen molar-refractivity contribution >= 4 is 0 Å². The van der Waals surface area contributed by atoms with E-state index in [-0.39, 0.29) is 17.3 Å². The van der Waals surface area contributed by atoms with E-state index in [9.17, 15) is 13.2 Å². The molecule has 5 nitrogen and oxygen atoms in total. The maximum atomic E-state index is 13.6. The molecule has 0 saturated carbocycles. The fourth-order valence-electron chi connectivity index (χ4n) is 1.90. The van der Waals surface area contributed by atoms with Gasteiger partial charge in [0.05, 0.1) is 12.2 Å². The van der Waals surface area contributed by atoms with Crippen LogP contribution >= 0.6 is 0 Å². The standard InChI is InChI=1S/C12H10F3N3O2/c13-7-2-1-6(9(14)10(7)15)12-17-11(18-20-12)8-5-16-3-4-19-8/h1-2,8,16H,3-5H2. The molecule has 2 heterocycles. The van der Waals surface area contributed by atoms with E-state index in [1.54, 1.807) is 0 Å². The number of nitrogens with zero attached hydrogens (tertiary/aromatic N) is 2. The summed E-state index contributed by atoms with van der Waals surface area (Å²) in [6, 6.07) is 1.85. The molecule has 0 radical (unpaired) electrons. The lowest BCUT2D eigenvalue weighted by Gasteiger charge is -2.20. The normalized spacial score (nSPS) is 19.2. The number of benzene rings is 1. The van der Waals surface area contributed by atoms with E-state index in [1.807, 2.05) is 0 Å². The van der Waals surface area contributed by atoms with Crippen LogP contribution in [0.15, 0.2) is 16.7 Å². The molecule has 0 aliphatic carbocycles. The van der Waals surface area contributed by atoms with E-state index in [1.165, 1.54) is 0 Å². The molecule has 8 heteroatoms. The molecule has 2 aromatic rings. The Balaban J connectivity index is 1.92. The maximum absolute atomic E-state index is 13.6. The predicted molar refractivity (Wildman–Crippen MR) is 61.2 cm³/mol. The average Bonchev–Trinajstić information content (AvgIpc) is 2.95. The zero-order chi connectivity index (χ0) is 14.1. The summed E-state index contributed by atoms with van der Waals surface area (Å²) in [5.41, 5.74) is -0.286. The molecule has 1 fully saturated rings. The monoisotopic (exact) mass is 285 g/mol. The van der Waals surface area contributed by atoms with Gasteiger partial charge in [0.1, 0.15) is 6.10 Å². The van der Waals surface area contributed by atoms with Gasteiger partial charge in [0, 0.05) is 13.1 Å². The van der Waals surface area contributed by atoms with Crippen molar-refractivity contribution in [1.82, 2.24) is 15.5 Å². The van der Waals surface area contributed by atoms with Gasteiger partial charge in [0.2, 0.25) is 5.82 Å². The van der Waals surface area contributed by atoms with E-state index in [2.05, 4.69) is 15.5 Å². The van der Waals surface area contributed by atoms with Crippen LogP contribution < -0.4 is 5.32 Å². The predicted octanol–water partition coefficient (Wildman–Crippen LogP) is 1.81. The summed E-state index contributed by atoms with van der Waals surface area (Å²) in [6.45, 7) is 1.71. The topological polar surface area (TPSA) is 60.2 Å². The number of aromatic nitrogens is 2. The van der Waals surface area contributed by atoms with Crippen LogP contribution in [0.1, 0.15) is 11.9 Å². The van der Waals surface area contributed by atoms with Gasteiger partial charge >= 0.3 is 0 Å². The molecular formula is C12H10F3N3O2. The highest BCUT2D eigenvalue weighted by Crippen LogP contribution is 2.26. The van der Waals surface area contributed by atoms with Crippen LogP contribution in [-0.4, -0.2) is 29.8 Å². The molecule has 1 aromatic heterocycles. The molecule has 0 spiro atoms. The summed E-state index contributed by atoms with van der Waals surface area (Å²) in [5, 5.41) is 6.76. The van der Waals surface area contributed by atoms with E-state index in [0.717, 1.165) is 18.7 Å². The Morgan fingerprint density at radius 2 is 2.05 bits per heavy atom. The lowest BCUT2D eigenvalue weighted by atomic mass is 10.2. The summed E-state index contributed by atoms with van der Waals surface area (Å²) < 4.78 is 49.9. The molecule has 1 aromatic carbocycles. The molecule has 20 heavy (non-hydrogen) atoms. The van der Waals surface area contributed by atoms with Crippen LogP contribution in [0.2, 0.25) is 0 Å². The van der Waals surface area contributed by atoms with Gasteiger partial charge in [-0.2, -0.15) is 4.98 Å². The quantitative estimate of drug-likeness (QED) is 0.853. The van der Waals surface area contributed by atoms with Crippen molar-refractivity contribution in [1.29, 1.82) is 0 Å². The second-order valence-electron chi connectivity index (χ2n) is 4.24. The third-order valence-electron chi connectivity index (χ3n) is 2.92. The minimum Gasteiger partial charge on any atom is -0.367 e. The van der Waals surface area contributed by atoms with Gasteiger partial charge in [-0.25, -0.2) is 13.2 Å². The Hall–Kier alpha value is -1.93. The third kappa shape index (κ3) is 2.27. The first-order valence-electron chi connectivity index (χ1n) is 5.96. The van der Waals surface area contributed by atoms with Crippen molar-refractivity contribution in [2.45, 2.75) is 6.10 Å². The van der Waals surface area contributed by atoms with Gasteiger partial charge in [-0.3, -0.25) is 0 Å². The van der Waals surface area contributed by atoms with Crippen LogP contribution in [0.5, 0.6) is 0 Å². The summed E-state index contributed by atoms with van der Waals surface area (Å²) in [6.07, 6.45) is -0.408. The number of morpholine rings is 1. The largest absolute Gasteiger partial charge is 0.367 e. The molecule has 0 bridgehead atoms. The molecule has 1 atom stereocenters. The van der Waals surface area contributed by atoms with E-state index >= 15 is 0 Å². The van der Waals surface area contributed by atoms with Crippen LogP contribution in [-0.2, 0) is 4.74 Å². The molecule has 1 unspecified atom stereocenters. The van der Waals surface area contributed by atoms with Crippen molar-refractivity contribution in [3.05, 3.63) is 35.4 Å². The van der Waals surface area contributed by atoms with E-state index in [0.29, 0.717) is 13.2 Å². The molecule has 106 valence electrons. The Labute approximate surface area is 111 Å². The number of hydrogen-bond donors (Lipinski definition) is 1. The SMILES string of the molecule is Fc1ccc(-c2nc(C3CNCCO3)no2)c(F)c1F. The van der Waals surface area contributed by atoms with Crippen molar-refractivity contribution in [2.75, 3.05) is 19.7 Å². The summed E-state index contributed by atoms with van der Waals surface area (Å²) in [7, 11) is 0. The molecule has 1 saturated heterocycles. The van der Waals surface area contributed by atoms with Crippen LogP contribution in [0.25, 0.3) is 11.5 Å². The second-order valence-corrected chi connectivity index (χ2v) is 4.24. The molecule has 1 N–H and O–H groups in total. The average molecular weight is 285 g/mol. The first-order valence-corrected chi connectivity index (χ1v) is 5.96. The molecule has 1 aliphatic heterocycles.